The quantitative estimate of drug-likeness (QED) is 0.667. The second-order valence-corrected chi connectivity index (χ2v) is 2.29. The van der Waals surface area contributed by atoms with Crippen molar-refractivity contribution in [1.29, 1.82) is 5.26 Å². The number of rotatable bonds is 2. The van der Waals surface area contributed by atoms with Gasteiger partial charge in [0.25, 0.3) is 5.56 Å². The number of aryl methyl sites for hydroxylation is 1. The topological polar surface area (TPSA) is 69.5 Å². The van der Waals surface area contributed by atoms with E-state index >= 15 is 0 Å². The highest BCUT2D eigenvalue weighted by molar-refractivity contribution is 6.99. The molecule has 1 aromatic heterocycles. The van der Waals surface area contributed by atoms with E-state index in [1.54, 1.807) is 0 Å². The van der Waals surface area contributed by atoms with E-state index in [4.69, 9.17) is 5.26 Å². The molecule has 52 valence electrons. The fraction of sp³-hybridized carbons (Fsp3) is 0.400. The summed E-state index contributed by atoms with van der Waals surface area (Å²) in [5.41, 5.74) is 0.298. The van der Waals surface area contributed by atoms with E-state index in [-0.39, 0.29) is 5.56 Å². The van der Waals surface area contributed by atoms with E-state index in [2.05, 4.69) is 8.75 Å². The lowest BCUT2D eigenvalue weighted by Crippen LogP contribution is -2.05. The lowest BCUT2D eigenvalue weighted by atomic mass is 10.3. The van der Waals surface area contributed by atoms with Crippen LogP contribution in [0.1, 0.15) is 12.1 Å². The van der Waals surface area contributed by atoms with Crippen LogP contribution in [0.25, 0.3) is 0 Å². The molecule has 10 heavy (non-hydrogen) atoms. The zero-order valence-electron chi connectivity index (χ0n) is 5.13. The molecule has 1 aromatic rings. The molecule has 0 aliphatic rings. The van der Waals surface area contributed by atoms with Gasteiger partial charge in [-0.1, -0.05) is 0 Å². The molecule has 0 aliphatic heterocycles. The molecule has 0 unspecified atom stereocenters. The fourth-order valence-electron chi connectivity index (χ4n) is 0.553. The molecule has 4 nitrogen and oxygen atoms in total. The summed E-state index contributed by atoms with van der Waals surface area (Å²) in [4.78, 5) is 10.7. The van der Waals surface area contributed by atoms with Crippen LogP contribution < -0.4 is 5.56 Å². The first-order chi connectivity index (χ1) is 4.84. The van der Waals surface area contributed by atoms with Crippen LogP contribution in [0.15, 0.2) is 4.79 Å². The summed E-state index contributed by atoms with van der Waals surface area (Å²) >= 11 is 1.02. The Morgan fingerprint density at radius 1 is 1.80 bits per heavy atom. The number of hydrogen-bond acceptors (Lipinski definition) is 4. The number of nitrogens with one attached hydrogen (secondary N) is 1. The molecular formula is C5H5N3OS. The second kappa shape index (κ2) is 3.13. The van der Waals surface area contributed by atoms with Gasteiger partial charge in [-0.2, -0.15) is 9.64 Å². The summed E-state index contributed by atoms with van der Waals surface area (Å²) in [6, 6.07) is 1.95. The molecule has 0 atom stereocenters. The van der Waals surface area contributed by atoms with Crippen LogP contribution in [0.5, 0.6) is 0 Å². The van der Waals surface area contributed by atoms with Gasteiger partial charge in [-0.25, -0.2) is 0 Å². The zero-order chi connectivity index (χ0) is 7.40. The van der Waals surface area contributed by atoms with Crippen molar-refractivity contribution in [3.63, 3.8) is 0 Å². The molecular weight excluding hydrogens is 150 g/mol. The SMILES string of the molecule is N#CCCc1ns[nH]c1=O. The van der Waals surface area contributed by atoms with Crippen LogP contribution in [0.2, 0.25) is 0 Å². The largest absolute Gasteiger partial charge is 0.281 e. The van der Waals surface area contributed by atoms with Gasteiger partial charge >= 0.3 is 0 Å². The molecule has 0 radical (unpaired) electrons. The van der Waals surface area contributed by atoms with Crippen LogP contribution >= 0.6 is 11.7 Å². The standard InChI is InChI=1S/C5H5N3OS/c6-3-1-2-4-5(9)8-10-7-4/h1-2H2,(H,8,9). The molecule has 0 amide bonds. The minimum Gasteiger partial charge on any atom is -0.267 e. The number of nitriles is 1. The average Bonchev–Trinajstić information content (AvgIpc) is 2.31. The lowest BCUT2D eigenvalue weighted by molar-refractivity contribution is 0.960. The van der Waals surface area contributed by atoms with E-state index in [1.165, 1.54) is 0 Å². The summed E-state index contributed by atoms with van der Waals surface area (Å²) in [5, 5.41) is 8.17. The molecule has 0 bridgehead atoms. The summed E-state index contributed by atoms with van der Waals surface area (Å²) < 4.78 is 6.22. The van der Waals surface area contributed by atoms with E-state index in [0.717, 1.165) is 11.7 Å². The van der Waals surface area contributed by atoms with Gasteiger partial charge in [-0.15, -0.1) is 0 Å². The summed E-state index contributed by atoms with van der Waals surface area (Å²) in [5.74, 6) is 0. The fourth-order valence-corrected chi connectivity index (χ4v) is 1.08. The van der Waals surface area contributed by atoms with Gasteiger partial charge in [0.15, 0.2) is 0 Å². The van der Waals surface area contributed by atoms with Crippen molar-refractivity contribution in [2.24, 2.45) is 0 Å². The van der Waals surface area contributed by atoms with Crippen molar-refractivity contribution < 1.29 is 0 Å². The van der Waals surface area contributed by atoms with Crippen LogP contribution in [-0.4, -0.2) is 8.75 Å². The maximum absolute atomic E-state index is 10.7. The van der Waals surface area contributed by atoms with Crippen molar-refractivity contribution in [2.45, 2.75) is 12.8 Å². The van der Waals surface area contributed by atoms with Crippen LogP contribution in [-0.2, 0) is 6.42 Å². The van der Waals surface area contributed by atoms with Crippen molar-refractivity contribution in [3.05, 3.63) is 16.0 Å². The second-order valence-electron chi connectivity index (χ2n) is 1.72. The van der Waals surface area contributed by atoms with Gasteiger partial charge in [-0.05, 0) is 0 Å². The number of aromatic amines is 1. The Balaban J connectivity index is 2.68. The normalized spacial score (nSPS) is 9.10. The highest BCUT2D eigenvalue weighted by Gasteiger charge is 1.99. The molecule has 0 spiro atoms. The number of aromatic nitrogens is 2. The van der Waals surface area contributed by atoms with E-state index < -0.39 is 0 Å². The minimum atomic E-state index is -0.166. The van der Waals surface area contributed by atoms with Crippen molar-refractivity contribution in [1.82, 2.24) is 8.75 Å². The van der Waals surface area contributed by atoms with Crippen LogP contribution in [0.4, 0.5) is 0 Å². The number of H-pyrrole nitrogens is 1. The third kappa shape index (κ3) is 1.42. The minimum absolute atomic E-state index is 0.166. The average molecular weight is 155 g/mol. The molecule has 1 N–H and O–H groups in total. The summed E-state index contributed by atoms with van der Waals surface area (Å²) in [6.45, 7) is 0. The maximum Gasteiger partial charge on any atom is 0.281 e. The van der Waals surface area contributed by atoms with Gasteiger partial charge in [0.1, 0.15) is 5.69 Å². The van der Waals surface area contributed by atoms with Gasteiger partial charge in [-0.3, -0.25) is 9.17 Å². The smallest absolute Gasteiger partial charge is 0.267 e. The van der Waals surface area contributed by atoms with Crippen molar-refractivity contribution >= 4 is 11.7 Å². The zero-order valence-corrected chi connectivity index (χ0v) is 5.94. The molecule has 1 heterocycles. The third-order valence-corrected chi connectivity index (χ3v) is 1.62. The maximum atomic E-state index is 10.7. The van der Waals surface area contributed by atoms with Gasteiger partial charge < -0.3 is 0 Å². The van der Waals surface area contributed by atoms with Crippen LogP contribution in [0, 0.1) is 11.3 Å². The van der Waals surface area contributed by atoms with Gasteiger partial charge in [0, 0.05) is 24.6 Å². The predicted molar refractivity (Wildman–Crippen MR) is 36.7 cm³/mol. The first kappa shape index (κ1) is 6.96. The molecule has 0 aliphatic carbocycles. The Kier molecular flexibility index (Phi) is 2.18. The molecule has 0 fully saturated rings. The van der Waals surface area contributed by atoms with E-state index in [1.807, 2.05) is 6.07 Å². The Labute approximate surface area is 61.4 Å². The third-order valence-electron chi connectivity index (χ3n) is 1.03. The van der Waals surface area contributed by atoms with Gasteiger partial charge in [0.05, 0.1) is 6.07 Å². The Bertz CT molecular complexity index is 294. The first-order valence-corrected chi connectivity index (χ1v) is 3.52. The Morgan fingerprint density at radius 2 is 2.60 bits per heavy atom. The number of nitrogens with zero attached hydrogens (tertiary/aromatic N) is 2. The molecule has 0 saturated heterocycles. The predicted octanol–water partition coefficient (Wildman–Crippen LogP) is 0.288. The van der Waals surface area contributed by atoms with Crippen molar-refractivity contribution in [3.8, 4) is 6.07 Å². The summed E-state index contributed by atoms with van der Waals surface area (Å²) in [7, 11) is 0. The monoisotopic (exact) mass is 155 g/mol. The molecule has 5 heteroatoms. The Morgan fingerprint density at radius 3 is 3.10 bits per heavy atom. The highest BCUT2D eigenvalue weighted by atomic mass is 32.1. The van der Waals surface area contributed by atoms with Crippen LogP contribution in [0.3, 0.4) is 0 Å². The van der Waals surface area contributed by atoms with Crippen molar-refractivity contribution in [2.75, 3.05) is 0 Å². The van der Waals surface area contributed by atoms with E-state index in [9.17, 15) is 4.79 Å². The number of hydrogen-bond donors (Lipinski definition) is 1. The molecule has 1 rings (SSSR count). The van der Waals surface area contributed by atoms with E-state index in [0.29, 0.717) is 18.5 Å². The molecule has 0 saturated carbocycles. The molecule has 0 aromatic carbocycles. The lowest BCUT2D eigenvalue weighted by Gasteiger charge is -1.80. The first-order valence-electron chi connectivity index (χ1n) is 2.75. The highest BCUT2D eigenvalue weighted by Crippen LogP contribution is 1.91. The summed E-state index contributed by atoms with van der Waals surface area (Å²) in [6.07, 6.45) is 0.808. The van der Waals surface area contributed by atoms with Gasteiger partial charge in [0.2, 0.25) is 0 Å². The Hall–Kier alpha value is -1.15.